The van der Waals surface area contributed by atoms with Crippen LogP contribution in [0.5, 0.6) is 5.75 Å². The Balaban J connectivity index is 2.19. The average Bonchev–Trinajstić information content (AvgIpc) is 2.33. The van der Waals surface area contributed by atoms with Gasteiger partial charge in [0.1, 0.15) is 12.9 Å². The maximum absolute atomic E-state index is 12.7. The van der Waals surface area contributed by atoms with Crippen LogP contribution in [0.1, 0.15) is 0 Å². The van der Waals surface area contributed by atoms with Gasteiger partial charge in [0.25, 0.3) is 0 Å². The fourth-order valence-corrected chi connectivity index (χ4v) is 4.76. The molecular formula is C12H18NO2P. The van der Waals surface area contributed by atoms with Crippen LogP contribution < -0.4 is 10.0 Å². The number of rotatable bonds is 2. The minimum absolute atomic E-state index is 0.801. The minimum atomic E-state index is -2.13. The Hall–Kier alpha value is -0.790. The van der Waals surface area contributed by atoms with E-state index in [0.717, 1.165) is 36.5 Å². The maximum Gasteiger partial charge on any atom is 0.118 e. The van der Waals surface area contributed by atoms with Crippen LogP contribution in [0.2, 0.25) is 0 Å². The second-order valence-electron chi connectivity index (χ2n) is 4.34. The molecule has 0 N–H and O–H groups in total. The van der Waals surface area contributed by atoms with Crippen molar-refractivity contribution in [2.75, 3.05) is 39.6 Å². The molecule has 1 fully saturated rings. The summed E-state index contributed by atoms with van der Waals surface area (Å²) in [6, 6.07) is 7.69. The first-order valence-electron chi connectivity index (χ1n) is 5.55. The second kappa shape index (κ2) is 4.60. The predicted molar refractivity (Wildman–Crippen MR) is 67.5 cm³/mol. The lowest BCUT2D eigenvalue weighted by Gasteiger charge is -2.29. The fourth-order valence-electron chi connectivity index (χ4n) is 2.00. The first-order valence-corrected chi connectivity index (χ1v) is 7.63. The summed E-state index contributed by atoms with van der Waals surface area (Å²) in [5.41, 5.74) is 0. The van der Waals surface area contributed by atoms with Crippen molar-refractivity contribution >= 4 is 12.4 Å². The van der Waals surface area contributed by atoms with Crippen molar-refractivity contribution < 1.29 is 9.30 Å². The number of methoxy groups -OCH3 is 1. The molecule has 1 heterocycles. The number of hydrogen-bond donors (Lipinski definition) is 0. The van der Waals surface area contributed by atoms with Gasteiger partial charge in [-0.1, -0.05) is 0 Å². The third kappa shape index (κ3) is 2.31. The molecule has 0 aliphatic carbocycles. The molecule has 0 aromatic heterocycles. The third-order valence-electron chi connectivity index (χ3n) is 3.23. The summed E-state index contributed by atoms with van der Waals surface area (Å²) in [6.07, 6.45) is 1.60. The SMILES string of the molecule is COc1ccc(P2(=O)CCN(C)CC2)cc1. The molecule has 0 atom stereocenters. The lowest BCUT2D eigenvalue weighted by Crippen LogP contribution is -2.34. The molecule has 1 aliphatic rings. The predicted octanol–water partition coefficient (Wildman–Crippen LogP) is 1.63. The summed E-state index contributed by atoms with van der Waals surface area (Å²) in [6.45, 7) is 1.87. The van der Waals surface area contributed by atoms with E-state index in [4.69, 9.17) is 4.74 Å². The zero-order valence-corrected chi connectivity index (χ0v) is 10.7. The van der Waals surface area contributed by atoms with Gasteiger partial charge in [-0.05, 0) is 31.3 Å². The first-order chi connectivity index (χ1) is 7.64. The van der Waals surface area contributed by atoms with E-state index in [9.17, 15) is 4.57 Å². The van der Waals surface area contributed by atoms with Crippen LogP contribution in [0.25, 0.3) is 0 Å². The summed E-state index contributed by atoms with van der Waals surface area (Å²) < 4.78 is 17.8. The van der Waals surface area contributed by atoms with Crippen molar-refractivity contribution in [2.45, 2.75) is 0 Å². The molecule has 1 aromatic carbocycles. The number of ether oxygens (including phenoxy) is 1. The molecule has 1 aliphatic heterocycles. The zero-order chi connectivity index (χ0) is 11.6. The van der Waals surface area contributed by atoms with Gasteiger partial charge >= 0.3 is 0 Å². The van der Waals surface area contributed by atoms with Crippen molar-refractivity contribution in [1.82, 2.24) is 4.90 Å². The van der Waals surface area contributed by atoms with Crippen LogP contribution in [0.3, 0.4) is 0 Å². The Kier molecular flexibility index (Phi) is 3.36. The van der Waals surface area contributed by atoms with E-state index >= 15 is 0 Å². The molecule has 4 heteroatoms. The molecule has 0 radical (unpaired) electrons. The summed E-state index contributed by atoms with van der Waals surface area (Å²) in [5, 5.41) is 1.00. The molecule has 0 bridgehead atoms. The van der Waals surface area contributed by atoms with Crippen LogP contribution in [0.4, 0.5) is 0 Å². The quantitative estimate of drug-likeness (QED) is 0.735. The van der Waals surface area contributed by atoms with Crippen molar-refractivity contribution in [3.8, 4) is 5.75 Å². The van der Waals surface area contributed by atoms with Gasteiger partial charge in [0, 0.05) is 30.7 Å². The summed E-state index contributed by atoms with van der Waals surface area (Å²) in [4.78, 5) is 2.24. The zero-order valence-electron chi connectivity index (χ0n) is 9.85. The fraction of sp³-hybridized carbons (Fsp3) is 0.500. The maximum atomic E-state index is 12.7. The van der Waals surface area contributed by atoms with Crippen LogP contribution >= 0.6 is 7.14 Å². The van der Waals surface area contributed by atoms with Crippen LogP contribution in [-0.4, -0.2) is 44.5 Å². The molecule has 0 saturated carbocycles. The molecule has 3 nitrogen and oxygen atoms in total. The molecule has 16 heavy (non-hydrogen) atoms. The van der Waals surface area contributed by atoms with E-state index in [1.807, 2.05) is 24.3 Å². The highest BCUT2D eigenvalue weighted by Gasteiger charge is 2.28. The first kappa shape index (κ1) is 11.7. The van der Waals surface area contributed by atoms with E-state index in [1.165, 1.54) is 0 Å². The molecule has 0 unspecified atom stereocenters. The van der Waals surface area contributed by atoms with Gasteiger partial charge < -0.3 is 14.2 Å². The van der Waals surface area contributed by atoms with E-state index in [0.29, 0.717) is 0 Å². The van der Waals surface area contributed by atoms with Gasteiger partial charge in [0.15, 0.2) is 0 Å². The summed E-state index contributed by atoms with van der Waals surface area (Å²) in [7, 11) is 1.60. The highest BCUT2D eigenvalue weighted by atomic mass is 31.2. The number of hydrogen-bond acceptors (Lipinski definition) is 3. The minimum Gasteiger partial charge on any atom is -0.497 e. The van der Waals surface area contributed by atoms with Gasteiger partial charge in [-0.3, -0.25) is 0 Å². The molecule has 0 amide bonds. The normalized spacial score (nSPS) is 20.6. The largest absolute Gasteiger partial charge is 0.497 e. The smallest absolute Gasteiger partial charge is 0.118 e. The highest BCUT2D eigenvalue weighted by Crippen LogP contribution is 2.46. The Morgan fingerprint density at radius 1 is 1.19 bits per heavy atom. The van der Waals surface area contributed by atoms with Crippen molar-refractivity contribution in [3.05, 3.63) is 24.3 Å². The van der Waals surface area contributed by atoms with Crippen molar-refractivity contribution in [2.24, 2.45) is 0 Å². The van der Waals surface area contributed by atoms with E-state index < -0.39 is 7.14 Å². The lowest BCUT2D eigenvalue weighted by atomic mass is 10.3. The molecule has 1 saturated heterocycles. The molecule has 0 spiro atoms. The number of benzene rings is 1. The van der Waals surface area contributed by atoms with Crippen LogP contribution in [0.15, 0.2) is 24.3 Å². The highest BCUT2D eigenvalue weighted by molar-refractivity contribution is 7.71. The van der Waals surface area contributed by atoms with Gasteiger partial charge in [-0.25, -0.2) is 0 Å². The Morgan fingerprint density at radius 3 is 2.25 bits per heavy atom. The van der Waals surface area contributed by atoms with E-state index in [2.05, 4.69) is 11.9 Å². The average molecular weight is 239 g/mol. The van der Waals surface area contributed by atoms with Crippen molar-refractivity contribution in [1.29, 1.82) is 0 Å². The van der Waals surface area contributed by atoms with E-state index in [1.54, 1.807) is 7.11 Å². The Labute approximate surface area is 96.8 Å². The van der Waals surface area contributed by atoms with Crippen LogP contribution in [-0.2, 0) is 4.57 Å². The summed E-state index contributed by atoms with van der Waals surface area (Å²) in [5.74, 6) is 0.824. The van der Waals surface area contributed by atoms with Gasteiger partial charge in [-0.15, -0.1) is 0 Å². The van der Waals surface area contributed by atoms with Crippen molar-refractivity contribution in [3.63, 3.8) is 0 Å². The van der Waals surface area contributed by atoms with Gasteiger partial charge in [-0.2, -0.15) is 0 Å². The molecular weight excluding hydrogens is 221 g/mol. The Morgan fingerprint density at radius 2 is 1.75 bits per heavy atom. The molecule has 2 rings (SSSR count). The standard InChI is InChI=1S/C12H18NO2P/c1-13-7-9-16(14,10-8-13)12-5-3-11(15-2)4-6-12/h3-6H,7-10H2,1-2H3. The number of nitrogens with zero attached hydrogens (tertiary/aromatic N) is 1. The van der Waals surface area contributed by atoms with Gasteiger partial charge in [0.2, 0.25) is 0 Å². The lowest BCUT2D eigenvalue weighted by molar-refractivity contribution is 0.361. The van der Waals surface area contributed by atoms with Crippen LogP contribution in [0, 0.1) is 0 Å². The van der Waals surface area contributed by atoms with E-state index in [-0.39, 0.29) is 0 Å². The van der Waals surface area contributed by atoms with Gasteiger partial charge in [0.05, 0.1) is 7.11 Å². The monoisotopic (exact) mass is 239 g/mol. The molecule has 1 aromatic rings. The summed E-state index contributed by atoms with van der Waals surface area (Å²) >= 11 is 0. The second-order valence-corrected chi connectivity index (χ2v) is 7.53. The third-order valence-corrected chi connectivity index (χ3v) is 6.31. The topological polar surface area (TPSA) is 29.5 Å². The Bertz CT molecular complexity index is 390. The molecule has 88 valence electrons.